The van der Waals surface area contributed by atoms with Gasteiger partial charge in [0.05, 0.1) is 19.0 Å². The van der Waals surface area contributed by atoms with Crippen molar-refractivity contribution in [3.63, 3.8) is 0 Å². The fourth-order valence-electron chi connectivity index (χ4n) is 2.14. The molecule has 0 fully saturated rings. The van der Waals surface area contributed by atoms with Gasteiger partial charge in [-0.3, -0.25) is 4.79 Å². The highest BCUT2D eigenvalue weighted by molar-refractivity contribution is 6.74. The van der Waals surface area contributed by atoms with Gasteiger partial charge in [0.2, 0.25) is 0 Å². The predicted molar refractivity (Wildman–Crippen MR) is 94.3 cm³/mol. The standard InChI is InChI=1S/C18H32O3Si/c1-7-20-16-12-11-15(17(19)14-16)10-8-9-13-21-22(5,6)18(2,3)4/h8-9,14-15H,7,10-13H2,1-6H3/b9-8-. The van der Waals surface area contributed by atoms with Crippen molar-refractivity contribution < 1.29 is 14.0 Å². The lowest BCUT2D eigenvalue weighted by molar-refractivity contribution is -0.119. The van der Waals surface area contributed by atoms with Gasteiger partial charge in [0.1, 0.15) is 0 Å². The Hall–Kier alpha value is -0.873. The van der Waals surface area contributed by atoms with Crippen LogP contribution in [0.2, 0.25) is 18.1 Å². The molecule has 22 heavy (non-hydrogen) atoms. The molecule has 4 heteroatoms. The summed E-state index contributed by atoms with van der Waals surface area (Å²) < 4.78 is 11.5. The van der Waals surface area contributed by atoms with Crippen molar-refractivity contribution in [2.75, 3.05) is 13.2 Å². The lowest BCUT2D eigenvalue weighted by atomic mass is 9.89. The van der Waals surface area contributed by atoms with E-state index in [1.54, 1.807) is 6.08 Å². The van der Waals surface area contributed by atoms with Crippen LogP contribution in [0.3, 0.4) is 0 Å². The lowest BCUT2D eigenvalue weighted by Gasteiger charge is -2.35. The summed E-state index contributed by atoms with van der Waals surface area (Å²) in [6.07, 6.45) is 8.40. The second kappa shape index (κ2) is 8.11. The number of hydrogen-bond donors (Lipinski definition) is 0. The number of rotatable bonds is 7. The van der Waals surface area contributed by atoms with Gasteiger partial charge in [-0.2, -0.15) is 0 Å². The van der Waals surface area contributed by atoms with E-state index in [1.807, 2.05) is 6.92 Å². The van der Waals surface area contributed by atoms with Gasteiger partial charge in [0.25, 0.3) is 0 Å². The smallest absolute Gasteiger partial charge is 0.192 e. The number of allylic oxidation sites excluding steroid dienone is 3. The molecule has 0 radical (unpaired) electrons. The van der Waals surface area contributed by atoms with Crippen molar-refractivity contribution in [3.8, 4) is 0 Å². The predicted octanol–water partition coefficient (Wildman–Crippen LogP) is 4.85. The molecule has 1 rings (SSSR count). The van der Waals surface area contributed by atoms with Crippen molar-refractivity contribution in [1.29, 1.82) is 0 Å². The highest BCUT2D eigenvalue weighted by Crippen LogP contribution is 2.36. The van der Waals surface area contributed by atoms with Crippen molar-refractivity contribution in [2.24, 2.45) is 5.92 Å². The van der Waals surface area contributed by atoms with Gasteiger partial charge in [0.15, 0.2) is 14.1 Å². The average Bonchev–Trinajstić information content (AvgIpc) is 2.39. The molecule has 0 bridgehead atoms. The minimum atomic E-state index is -1.67. The van der Waals surface area contributed by atoms with Crippen LogP contribution in [-0.2, 0) is 14.0 Å². The van der Waals surface area contributed by atoms with E-state index in [-0.39, 0.29) is 16.7 Å². The topological polar surface area (TPSA) is 35.5 Å². The largest absolute Gasteiger partial charge is 0.498 e. The van der Waals surface area contributed by atoms with Crippen LogP contribution in [0.1, 0.15) is 47.0 Å². The van der Waals surface area contributed by atoms with Crippen LogP contribution in [0.25, 0.3) is 0 Å². The summed E-state index contributed by atoms with van der Waals surface area (Å²) in [4.78, 5) is 12.0. The first-order valence-electron chi connectivity index (χ1n) is 8.33. The van der Waals surface area contributed by atoms with Crippen molar-refractivity contribution in [2.45, 2.75) is 65.1 Å². The van der Waals surface area contributed by atoms with Crippen LogP contribution in [-0.4, -0.2) is 27.3 Å². The summed E-state index contributed by atoms with van der Waals surface area (Å²) in [5.74, 6) is 1.15. The third-order valence-corrected chi connectivity index (χ3v) is 9.21. The Kier molecular flexibility index (Phi) is 7.07. The molecule has 1 unspecified atom stereocenters. The SMILES string of the molecule is CCOC1=CC(=O)C(C/C=C\CO[Si](C)(C)C(C)(C)C)CC1. The van der Waals surface area contributed by atoms with Crippen LogP contribution in [0, 0.1) is 5.92 Å². The minimum Gasteiger partial charge on any atom is -0.498 e. The molecule has 126 valence electrons. The van der Waals surface area contributed by atoms with E-state index >= 15 is 0 Å². The summed E-state index contributed by atoms with van der Waals surface area (Å²) >= 11 is 0. The minimum absolute atomic E-state index is 0.105. The molecule has 1 atom stereocenters. The monoisotopic (exact) mass is 324 g/mol. The molecule has 0 amide bonds. The Morgan fingerprint density at radius 2 is 2.00 bits per heavy atom. The lowest BCUT2D eigenvalue weighted by Crippen LogP contribution is -2.40. The van der Waals surface area contributed by atoms with Crippen LogP contribution >= 0.6 is 0 Å². The summed E-state index contributed by atoms with van der Waals surface area (Å²) in [6.45, 7) is 14.5. The Morgan fingerprint density at radius 3 is 2.55 bits per heavy atom. The maximum Gasteiger partial charge on any atom is 0.192 e. The molecular formula is C18H32O3Si. The molecule has 0 aromatic carbocycles. The first-order valence-corrected chi connectivity index (χ1v) is 11.2. The van der Waals surface area contributed by atoms with E-state index in [1.165, 1.54) is 0 Å². The molecule has 0 aliphatic heterocycles. The summed E-state index contributed by atoms with van der Waals surface area (Å²) in [6, 6.07) is 0. The van der Waals surface area contributed by atoms with Gasteiger partial charge in [-0.15, -0.1) is 0 Å². The second-order valence-electron chi connectivity index (χ2n) is 7.46. The fourth-order valence-corrected chi connectivity index (χ4v) is 3.09. The normalized spacial score (nSPS) is 20.4. The van der Waals surface area contributed by atoms with Crippen LogP contribution < -0.4 is 0 Å². The third-order valence-electron chi connectivity index (χ3n) is 4.71. The Bertz CT molecular complexity index is 430. The highest BCUT2D eigenvalue weighted by Gasteiger charge is 2.36. The number of ether oxygens (including phenoxy) is 1. The van der Waals surface area contributed by atoms with E-state index in [0.29, 0.717) is 13.2 Å². The Labute approximate surface area is 136 Å². The molecule has 0 heterocycles. The first kappa shape index (κ1) is 19.2. The molecule has 0 aromatic rings. The molecule has 0 spiro atoms. The first-order chi connectivity index (χ1) is 10.2. The van der Waals surface area contributed by atoms with Crippen molar-refractivity contribution in [1.82, 2.24) is 0 Å². The number of carbonyl (C=O) groups excluding carboxylic acids is 1. The van der Waals surface area contributed by atoms with Gasteiger partial charge in [0, 0.05) is 18.4 Å². The molecule has 0 N–H and O–H groups in total. The molecular weight excluding hydrogens is 292 g/mol. The van der Waals surface area contributed by atoms with Crippen molar-refractivity contribution >= 4 is 14.1 Å². The summed E-state index contributed by atoms with van der Waals surface area (Å²) in [7, 11) is -1.67. The van der Waals surface area contributed by atoms with Gasteiger partial charge in [-0.05, 0) is 37.9 Å². The summed E-state index contributed by atoms with van der Waals surface area (Å²) in [5, 5.41) is 0.237. The van der Waals surface area contributed by atoms with E-state index in [9.17, 15) is 4.79 Å². The quantitative estimate of drug-likeness (QED) is 0.496. The Morgan fingerprint density at radius 1 is 1.32 bits per heavy atom. The van der Waals surface area contributed by atoms with Gasteiger partial charge < -0.3 is 9.16 Å². The molecule has 1 aliphatic rings. The maximum absolute atomic E-state index is 12.0. The van der Waals surface area contributed by atoms with E-state index < -0.39 is 8.32 Å². The molecule has 0 aromatic heterocycles. The number of ketones is 1. The zero-order valence-corrected chi connectivity index (χ0v) is 16.1. The fraction of sp³-hybridized carbons (Fsp3) is 0.722. The average molecular weight is 325 g/mol. The van der Waals surface area contributed by atoms with E-state index in [0.717, 1.165) is 25.0 Å². The van der Waals surface area contributed by atoms with E-state index in [4.69, 9.17) is 9.16 Å². The van der Waals surface area contributed by atoms with Crippen LogP contribution in [0.5, 0.6) is 0 Å². The van der Waals surface area contributed by atoms with E-state index in [2.05, 4.69) is 46.0 Å². The number of hydrogen-bond acceptors (Lipinski definition) is 3. The molecule has 1 aliphatic carbocycles. The molecule has 3 nitrogen and oxygen atoms in total. The Balaban J connectivity index is 2.37. The van der Waals surface area contributed by atoms with Crippen molar-refractivity contribution in [3.05, 3.63) is 24.0 Å². The second-order valence-corrected chi connectivity index (χ2v) is 12.3. The third kappa shape index (κ3) is 5.73. The van der Waals surface area contributed by atoms with Crippen LogP contribution in [0.4, 0.5) is 0 Å². The van der Waals surface area contributed by atoms with Gasteiger partial charge >= 0.3 is 0 Å². The summed E-state index contributed by atoms with van der Waals surface area (Å²) in [5.41, 5.74) is 0. The molecule has 0 saturated heterocycles. The number of carbonyl (C=O) groups is 1. The maximum atomic E-state index is 12.0. The van der Waals surface area contributed by atoms with Crippen LogP contribution in [0.15, 0.2) is 24.0 Å². The zero-order chi connectivity index (χ0) is 16.8. The molecule has 0 saturated carbocycles. The van der Waals surface area contributed by atoms with Gasteiger partial charge in [-0.25, -0.2) is 0 Å². The highest BCUT2D eigenvalue weighted by atomic mass is 28.4. The zero-order valence-electron chi connectivity index (χ0n) is 15.1. The van der Waals surface area contributed by atoms with Gasteiger partial charge in [-0.1, -0.05) is 32.9 Å².